The summed E-state index contributed by atoms with van der Waals surface area (Å²) in [6.07, 6.45) is 83.9. The standard InChI is InChI=1S/C71H137NO5/c1-3-5-7-9-11-13-15-17-19-20-21-22-24-27-30-33-36-39-43-47-51-55-59-63-69(74)68(67-73)72-70(75)64-60-56-52-48-44-40-37-34-31-28-25-23-26-29-32-35-38-42-46-50-54-58-62-66-77-71(76)65-61-57-53-49-45-41-18-16-14-12-10-8-6-4-2/h28,31,59,63,68-69,73-74H,3-27,29-30,32-58,60-62,64-67H2,1-2H3,(H,72,75)/b31-28-,63-59+. The van der Waals surface area contributed by atoms with Crippen molar-refractivity contribution in [2.75, 3.05) is 13.2 Å². The summed E-state index contributed by atoms with van der Waals surface area (Å²) in [5, 5.41) is 23.3. The summed E-state index contributed by atoms with van der Waals surface area (Å²) >= 11 is 0. The number of hydrogen-bond donors (Lipinski definition) is 3. The molecule has 0 spiro atoms. The first-order valence-electron chi connectivity index (χ1n) is 35.1. The number of esters is 1. The average molecular weight is 1080 g/mol. The number of nitrogens with one attached hydrogen (secondary N) is 1. The van der Waals surface area contributed by atoms with Crippen molar-refractivity contribution in [1.29, 1.82) is 0 Å². The number of unbranched alkanes of at least 4 members (excludes halogenated alkanes) is 53. The number of carbonyl (C=O) groups excluding carboxylic acids is 2. The lowest BCUT2D eigenvalue weighted by Crippen LogP contribution is -2.45. The molecule has 0 aliphatic heterocycles. The van der Waals surface area contributed by atoms with Crippen LogP contribution in [0.1, 0.15) is 393 Å². The number of ether oxygens (including phenoxy) is 1. The number of rotatable bonds is 66. The molecule has 0 fully saturated rings. The van der Waals surface area contributed by atoms with E-state index in [1.54, 1.807) is 6.08 Å². The molecular weight excluding hydrogens is 947 g/mol. The van der Waals surface area contributed by atoms with Crippen molar-refractivity contribution in [3.05, 3.63) is 24.3 Å². The van der Waals surface area contributed by atoms with E-state index in [0.717, 1.165) is 44.9 Å². The number of allylic oxidation sites excluding steroid dienone is 3. The lowest BCUT2D eigenvalue weighted by molar-refractivity contribution is -0.143. The van der Waals surface area contributed by atoms with Gasteiger partial charge in [-0.3, -0.25) is 9.59 Å². The van der Waals surface area contributed by atoms with Crippen LogP contribution >= 0.6 is 0 Å². The van der Waals surface area contributed by atoms with Crippen LogP contribution in [0.3, 0.4) is 0 Å². The minimum atomic E-state index is -0.849. The Morgan fingerprint density at radius 2 is 0.610 bits per heavy atom. The van der Waals surface area contributed by atoms with Crippen LogP contribution in [0, 0.1) is 0 Å². The van der Waals surface area contributed by atoms with Crippen LogP contribution in [0.25, 0.3) is 0 Å². The Labute approximate surface area is 481 Å². The predicted molar refractivity (Wildman–Crippen MR) is 338 cm³/mol. The van der Waals surface area contributed by atoms with Gasteiger partial charge in [-0.25, -0.2) is 0 Å². The van der Waals surface area contributed by atoms with Crippen LogP contribution in [0.5, 0.6) is 0 Å². The molecule has 2 atom stereocenters. The van der Waals surface area contributed by atoms with E-state index >= 15 is 0 Å². The summed E-state index contributed by atoms with van der Waals surface area (Å²) in [6.45, 7) is 4.94. The molecule has 456 valence electrons. The van der Waals surface area contributed by atoms with E-state index in [0.29, 0.717) is 19.4 Å². The SMILES string of the molecule is CCCCCCCCCCCCCCCCCCCCCCC/C=C/C(O)C(CO)NC(=O)CCCCCCCCC/C=C\CCCCCCCCCCCCCCOC(=O)CCCCCCCCCCCCCCCC. The first kappa shape index (κ1) is 75.3. The summed E-state index contributed by atoms with van der Waals surface area (Å²) in [4.78, 5) is 24.6. The minimum absolute atomic E-state index is 0.0141. The second kappa shape index (κ2) is 66.8. The van der Waals surface area contributed by atoms with Gasteiger partial charge in [-0.05, 0) is 57.8 Å². The third-order valence-corrected chi connectivity index (χ3v) is 16.5. The lowest BCUT2D eigenvalue weighted by atomic mass is 10.0. The van der Waals surface area contributed by atoms with Gasteiger partial charge in [0.15, 0.2) is 0 Å². The quantitative estimate of drug-likeness (QED) is 0.0320. The van der Waals surface area contributed by atoms with E-state index in [1.807, 2.05) is 6.08 Å². The first-order chi connectivity index (χ1) is 38.0. The molecule has 0 heterocycles. The molecule has 6 heteroatoms. The molecule has 0 aromatic rings. The Hall–Kier alpha value is -1.66. The highest BCUT2D eigenvalue weighted by molar-refractivity contribution is 5.76. The molecule has 0 aliphatic carbocycles. The Kier molecular flexibility index (Phi) is 65.4. The molecule has 0 saturated carbocycles. The van der Waals surface area contributed by atoms with Crippen molar-refractivity contribution in [3.63, 3.8) is 0 Å². The zero-order valence-corrected chi connectivity index (χ0v) is 52.2. The number of aliphatic hydroxyl groups excluding tert-OH is 2. The predicted octanol–water partition coefficient (Wildman–Crippen LogP) is 22.5. The van der Waals surface area contributed by atoms with E-state index in [4.69, 9.17) is 4.74 Å². The van der Waals surface area contributed by atoms with Crippen LogP contribution in [-0.2, 0) is 14.3 Å². The van der Waals surface area contributed by atoms with Crippen molar-refractivity contribution in [3.8, 4) is 0 Å². The van der Waals surface area contributed by atoms with Crippen LogP contribution in [-0.4, -0.2) is 47.4 Å². The molecule has 2 unspecified atom stereocenters. The normalized spacial score (nSPS) is 12.6. The topological polar surface area (TPSA) is 95.9 Å². The molecule has 0 bridgehead atoms. The van der Waals surface area contributed by atoms with Gasteiger partial charge in [0.05, 0.1) is 25.4 Å². The van der Waals surface area contributed by atoms with E-state index < -0.39 is 12.1 Å². The zero-order chi connectivity index (χ0) is 55.7. The van der Waals surface area contributed by atoms with E-state index in [1.165, 1.54) is 321 Å². The molecule has 0 aromatic carbocycles. The van der Waals surface area contributed by atoms with Gasteiger partial charge >= 0.3 is 5.97 Å². The molecular formula is C71H137NO5. The Balaban J connectivity index is 3.43. The highest BCUT2D eigenvalue weighted by Gasteiger charge is 2.18. The molecule has 0 aliphatic rings. The monoisotopic (exact) mass is 1080 g/mol. The van der Waals surface area contributed by atoms with Crippen LogP contribution in [0.4, 0.5) is 0 Å². The van der Waals surface area contributed by atoms with Crippen LogP contribution < -0.4 is 5.32 Å². The molecule has 1 amide bonds. The largest absolute Gasteiger partial charge is 0.466 e. The molecule has 6 nitrogen and oxygen atoms in total. The first-order valence-corrected chi connectivity index (χ1v) is 35.1. The van der Waals surface area contributed by atoms with E-state index in [9.17, 15) is 19.8 Å². The van der Waals surface area contributed by atoms with Crippen molar-refractivity contribution < 1.29 is 24.5 Å². The van der Waals surface area contributed by atoms with Crippen molar-refractivity contribution in [2.45, 2.75) is 405 Å². The molecule has 0 saturated heterocycles. The fraction of sp³-hybridized carbons (Fsp3) is 0.915. The average Bonchev–Trinajstić information content (AvgIpc) is 3.43. The number of carbonyl (C=O) groups is 2. The van der Waals surface area contributed by atoms with Crippen molar-refractivity contribution in [1.82, 2.24) is 5.32 Å². The maximum Gasteiger partial charge on any atom is 0.305 e. The summed E-state index contributed by atoms with van der Waals surface area (Å²) < 4.78 is 5.49. The van der Waals surface area contributed by atoms with Gasteiger partial charge in [-0.2, -0.15) is 0 Å². The van der Waals surface area contributed by atoms with Gasteiger partial charge in [0, 0.05) is 12.8 Å². The van der Waals surface area contributed by atoms with E-state index in [-0.39, 0.29) is 18.5 Å². The second-order valence-electron chi connectivity index (χ2n) is 24.2. The Morgan fingerprint density at radius 3 is 0.922 bits per heavy atom. The molecule has 0 aromatic heterocycles. The fourth-order valence-corrected chi connectivity index (χ4v) is 11.1. The third kappa shape index (κ3) is 63.4. The van der Waals surface area contributed by atoms with Crippen molar-refractivity contribution in [2.24, 2.45) is 0 Å². The van der Waals surface area contributed by atoms with Gasteiger partial charge in [0.2, 0.25) is 5.91 Å². The maximum atomic E-state index is 12.5. The molecule has 77 heavy (non-hydrogen) atoms. The highest BCUT2D eigenvalue weighted by Crippen LogP contribution is 2.19. The highest BCUT2D eigenvalue weighted by atomic mass is 16.5. The molecule has 3 N–H and O–H groups in total. The summed E-state index contributed by atoms with van der Waals surface area (Å²) in [7, 11) is 0. The Morgan fingerprint density at radius 1 is 0.351 bits per heavy atom. The third-order valence-electron chi connectivity index (χ3n) is 16.5. The Bertz CT molecular complexity index is 1200. The number of amides is 1. The van der Waals surface area contributed by atoms with Gasteiger partial charge in [0.25, 0.3) is 0 Å². The number of hydrogen-bond acceptors (Lipinski definition) is 5. The molecule has 0 rings (SSSR count). The van der Waals surface area contributed by atoms with E-state index in [2.05, 4.69) is 31.3 Å². The molecule has 0 radical (unpaired) electrons. The van der Waals surface area contributed by atoms with Crippen molar-refractivity contribution >= 4 is 11.9 Å². The zero-order valence-electron chi connectivity index (χ0n) is 52.2. The minimum Gasteiger partial charge on any atom is -0.466 e. The van der Waals surface area contributed by atoms with Gasteiger partial charge in [0.1, 0.15) is 0 Å². The number of aliphatic hydroxyl groups is 2. The van der Waals surface area contributed by atoms with Gasteiger partial charge in [-0.1, -0.05) is 346 Å². The smallest absolute Gasteiger partial charge is 0.305 e. The fourth-order valence-electron chi connectivity index (χ4n) is 11.1. The maximum absolute atomic E-state index is 12.5. The van der Waals surface area contributed by atoms with Crippen LogP contribution in [0.2, 0.25) is 0 Å². The van der Waals surface area contributed by atoms with Gasteiger partial charge < -0.3 is 20.3 Å². The van der Waals surface area contributed by atoms with Gasteiger partial charge in [-0.15, -0.1) is 0 Å². The lowest BCUT2D eigenvalue weighted by Gasteiger charge is -2.20. The van der Waals surface area contributed by atoms with Crippen LogP contribution in [0.15, 0.2) is 24.3 Å². The summed E-state index contributed by atoms with van der Waals surface area (Å²) in [6, 6.07) is -0.633. The second-order valence-corrected chi connectivity index (χ2v) is 24.2. The summed E-state index contributed by atoms with van der Waals surface area (Å²) in [5.74, 6) is -0.0560. The summed E-state index contributed by atoms with van der Waals surface area (Å²) in [5.41, 5.74) is 0.